The molecule has 35 heavy (non-hydrogen) atoms. The van der Waals surface area contributed by atoms with Gasteiger partial charge in [-0.15, -0.1) is 11.8 Å². The van der Waals surface area contributed by atoms with E-state index in [2.05, 4.69) is 102 Å². The molecule has 5 aromatic rings. The predicted octanol–water partition coefficient (Wildman–Crippen LogP) is 8.07. The van der Waals surface area contributed by atoms with Gasteiger partial charge in [0.05, 0.1) is 5.52 Å². The minimum absolute atomic E-state index is 0.445. The molecule has 0 unspecified atom stereocenters. The third-order valence-corrected chi connectivity index (χ3v) is 7.11. The van der Waals surface area contributed by atoms with Gasteiger partial charge in [-0.05, 0) is 76.9 Å². The van der Waals surface area contributed by atoms with Crippen LogP contribution < -0.4 is 0 Å². The summed E-state index contributed by atoms with van der Waals surface area (Å²) in [5.41, 5.74) is 8.08. The lowest BCUT2D eigenvalue weighted by atomic mass is 9.93. The van der Waals surface area contributed by atoms with Crippen LogP contribution in [0.5, 0.6) is 0 Å². The van der Waals surface area contributed by atoms with Crippen molar-refractivity contribution in [1.82, 2.24) is 14.5 Å². The molecule has 2 aromatic heterocycles. The molecule has 3 aromatic carbocycles. The summed E-state index contributed by atoms with van der Waals surface area (Å²) < 4.78 is 2.07. The van der Waals surface area contributed by atoms with E-state index in [0.717, 1.165) is 28.0 Å². The average molecular weight is 476 g/mol. The Morgan fingerprint density at radius 1 is 0.914 bits per heavy atom. The van der Waals surface area contributed by atoms with Crippen LogP contribution in [0, 0.1) is 0 Å². The van der Waals surface area contributed by atoms with Gasteiger partial charge in [0.15, 0.2) is 0 Å². The molecule has 0 saturated heterocycles. The van der Waals surface area contributed by atoms with Crippen molar-refractivity contribution in [3.05, 3.63) is 114 Å². The highest BCUT2D eigenvalue weighted by molar-refractivity contribution is 7.98. The molecule has 2 heterocycles. The van der Waals surface area contributed by atoms with Crippen molar-refractivity contribution in [3.63, 3.8) is 0 Å². The number of aromatic nitrogens is 3. The van der Waals surface area contributed by atoms with Crippen LogP contribution >= 0.6 is 11.8 Å². The molecule has 0 saturated carbocycles. The second-order valence-corrected chi connectivity index (χ2v) is 9.95. The predicted molar refractivity (Wildman–Crippen MR) is 150 cm³/mol. The Morgan fingerprint density at radius 2 is 1.74 bits per heavy atom. The number of hydrogen-bond donors (Lipinski definition) is 0. The maximum atomic E-state index is 4.73. The first-order chi connectivity index (χ1) is 17.0. The Hall–Kier alpha value is -3.63. The van der Waals surface area contributed by atoms with Gasteiger partial charge in [-0.1, -0.05) is 50.2 Å². The first kappa shape index (κ1) is 23.1. The summed E-state index contributed by atoms with van der Waals surface area (Å²) in [4.78, 5) is 10.6. The fourth-order valence-corrected chi connectivity index (χ4v) is 4.81. The van der Waals surface area contributed by atoms with Gasteiger partial charge < -0.3 is 4.57 Å². The highest BCUT2D eigenvalue weighted by Crippen LogP contribution is 2.33. The molecule has 174 valence electrons. The van der Waals surface area contributed by atoms with Crippen LogP contribution in [-0.4, -0.2) is 20.8 Å². The van der Waals surface area contributed by atoms with Crippen molar-refractivity contribution in [3.8, 4) is 11.1 Å². The number of benzene rings is 3. The molecule has 0 amide bonds. The Kier molecular flexibility index (Phi) is 6.56. The number of hydrogen-bond acceptors (Lipinski definition) is 3. The quantitative estimate of drug-likeness (QED) is 0.184. The average Bonchev–Trinajstić information content (AvgIpc) is 3.32. The van der Waals surface area contributed by atoms with Gasteiger partial charge in [0, 0.05) is 47.1 Å². The maximum absolute atomic E-state index is 4.73. The summed E-state index contributed by atoms with van der Waals surface area (Å²) in [6.45, 7) is 4.48. The van der Waals surface area contributed by atoms with Gasteiger partial charge in [0.2, 0.25) is 0 Å². The van der Waals surface area contributed by atoms with E-state index in [0.29, 0.717) is 5.92 Å². The zero-order chi connectivity index (χ0) is 24.4. The number of pyridine rings is 1. The number of imidazole rings is 1. The van der Waals surface area contributed by atoms with Crippen molar-refractivity contribution in [2.75, 3.05) is 6.26 Å². The summed E-state index contributed by atoms with van der Waals surface area (Å²) in [6.07, 6.45) is 10.1. The van der Waals surface area contributed by atoms with Gasteiger partial charge >= 0.3 is 0 Å². The van der Waals surface area contributed by atoms with E-state index in [1.54, 1.807) is 11.8 Å². The van der Waals surface area contributed by atoms with Gasteiger partial charge in [-0.2, -0.15) is 0 Å². The lowest BCUT2D eigenvalue weighted by Gasteiger charge is -2.13. The van der Waals surface area contributed by atoms with E-state index >= 15 is 0 Å². The van der Waals surface area contributed by atoms with Gasteiger partial charge in [0.25, 0.3) is 0 Å². The number of thioether (sulfide) groups is 1. The van der Waals surface area contributed by atoms with Gasteiger partial charge in [-0.25, -0.2) is 4.98 Å². The van der Waals surface area contributed by atoms with E-state index in [1.807, 2.05) is 31.7 Å². The molecule has 0 aliphatic heterocycles. The number of nitrogens with zero attached hydrogens (tertiary/aromatic N) is 3. The van der Waals surface area contributed by atoms with Crippen LogP contribution in [0.1, 0.15) is 42.3 Å². The van der Waals surface area contributed by atoms with E-state index in [-0.39, 0.29) is 0 Å². The van der Waals surface area contributed by atoms with Crippen molar-refractivity contribution >= 4 is 34.3 Å². The van der Waals surface area contributed by atoms with Crippen LogP contribution in [-0.2, 0) is 7.05 Å². The zero-order valence-corrected chi connectivity index (χ0v) is 21.4. The molecule has 0 aliphatic rings. The summed E-state index contributed by atoms with van der Waals surface area (Å²) in [7, 11) is 2.04. The van der Waals surface area contributed by atoms with Gasteiger partial charge in [-0.3, -0.25) is 4.98 Å². The minimum Gasteiger partial charge on any atom is -0.334 e. The maximum Gasteiger partial charge on any atom is 0.140 e. The second kappa shape index (κ2) is 9.93. The summed E-state index contributed by atoms with van der Waals surface area (Å²) in [5, 5.41) is 1.18. The fourth-order valence-electron chi connectivity index (χ4n) is 4.40. The Balaban J connectivity index is 1.65. The van der Waals surface area contributed by atoms with Crippen LogP contribution in [0.3, 0.4) is 0 Å². The van der Waals surface area contributed by atoms with E-state index < -0.39 is 0 Å². The lowest BCUT2D eigenvalue weighted by molar-refractivity contribution is 0.869. The molecule has 3 nitrogen and oxygen atoms in total. The molecule has 0 radical (unpaired) electrons. The molecular formula is C31H29N3S. The molecule has 0 bridgehead atoms. The Bertz CT molecular complexity index is 1510. The zero-order valence-electron chi connectivity index (χ0n) is 20.6. The van der Waals surface area contributed by atoms with Crippen molar-refractivity contribution in [1.29, 1.82) is 0 Å². The van der Waals surface area contributed by atoms with Gasteiger partial charge in [0.1, 0.15) is 5.82 Å². The Morgan fingerprint density at radius 3 is 2.46 bits per heavy atom. The highest BCUT2D eigenvalue weighted by Gasteiger charge is 2.13. The fraction of sp³-hybridized carbons (Fsp3) is 0.161. The smallest absolute Gasteiger partial charge is 0.140 e. The van der Waals surface area contributed by atoms with Crippen LogP contribution in [0.15, 0.2) is 96.3 Å². The number of aryl methyl sites for hydroxylation is 1. The Labute approximate surface area is 211 Å². The highest BCUT2D eigenvalue weighted by atomic mass is 32.2. The minimum atomic E-state index is 0.445. The van der Waals surface area contributed by atoms with Crippen molar-refractivity contribution < 1.29 is 0 Å². The number of rotatable bonds is 6. The monoisotopic (exact) mass is 475 g/mol. The lowest BCUT2D eigenvalue weighted by Crippen LogP contribution is -1.98. The summed E-state index contributed by atoms with van der Waals surface area (Å²) >= 11 is 1.75. The molecule has 0 fully saturated rings. The van der Waals surface area contributed by atoms with E-state index in [4.69, 9.17) is 4.98 Å². The largest absolute Gasteiger partial charge is 0.334 e. The van der Waals surface area contributed by atoms with Crippen LogP contribution in [0.2, 0.25) is 0 Å². The third-order valence-electron chi connectivity index (χ3n) is 6.37. The first-order valence-electron chi connectivity index (χ1n) is 11.9. The first-order valence-corrected chi connectivity index (χ1v) is 13.1. The van der Waals surface area contributed by atoms with Crippen molar-refractivity contribution in [2.45, 2.75) is 24.7 Å². The SMILES string of the molecule is CSc1ccc(C(=Cc2cccc(-c3cc(C(C)C)cc4cccnc34)c2)c2nccn2C)cc1. The standard InChI is InChI=1S/C31H29N3S/c1-21(2)26-19-25-9-6-14-32-30(25)28(20-26)24-8-5-7-22(17-24)18-29(31-33-15-16-34(31)3)23-10-12-27(35-4)13-11-23/h5-21H,1-4H3. The third kappa shape index (κ3) is 4.80. The molecule has 0 atom stereocenters. The second-order valence-electron chi connectivity index (χ2n) is 9.07. The van der Waals surface area contributed by atoms with Crippen LogP contribution in [0.4, 0.5) is 0 Å². The summed E-state index contributed by atoms with van der Waals surface area (Å²) in [6, 6.07) is 26.1. The molecule has 4 heteroatoms. The topological polar surface area (TPSA) is 30.7 Å². The normalized spacial score (nSPS) is 12.0. The molecule has 0 N–H and O–H groups in total. The van der Waals surface area contributed by atoms with E-state index in [9.17, 15) is 0 Å². The molecule has 0 spiro atoms. The molecule has 0 aliphatic carbocycles. The van der Waals surface area contributed by atoms with Crippen LogP contribution in [0.25, 0.3) is 33.7 Å². The number of fused-ring (bicyclic) bond motifs is 1. The van der Waals surface area contributed by atoms with Crippen molar-refractivity contribution in [2.24, 2.45) is 7.05 Å². The molecular weight excluding hydrogens is 446 g/mol. The van der Waals surface area contributed by atoms with E-state index in [1.165, 1.54) is 27.0 Å². The molecule has 5 rings (SSSR count). The summed E-state index contributed by atoms with van der Waals surface area (Å²) in [5.74, 6) is 1.39.